The molecule has 0 fully saturated rings. The Morgan fingerprint density at radius 2 is 1.81 bits per heavy atom. The Morgan fingerprint density at radius 1 is 1.15 bits per heavy atom. The highest BCUT2D eigenvalue weighted by Gasteiger charge is 2.19. The third kappa shape index (κ3) is 4.53. The normalized spacial score (nSPS) is 12.3. The largest absolute Gasteiger partial charge is 0.419 e. The fourth-order valence-corrected chi connectivity index (χ4v) is 3.00. The Bertz CT molecular complexity index is 909. The van der Waals surface area contributed by atoms with Gasteiger partial charge >= 0.3 is 0 Å². The summed E-state index contributed by atoms with van der Waals surface area (Å²) in [7, 11) is 2.00. The Balaban J connectivity index is 1.69. The zero-order valence-electron chi connectivity index (χ0n) is 15.3. The van der Waals surface area contributed by atoms with Gasteiger partial charge in [-0.3, -0.25) is 15.0 Å². The number of hydrogen-bond acceptors (Lipinski definition) is 7. The van der Waals surface area contributed by atoms with Crippen molar-refractivity contribution in [3.63, 3.8) is 0 Å². The third-order valence-corrected chi connectivity index (χ3v) is 5.12. The Morgan fingerprint density at radius 3 is 2.41 bits per heavy atom. The molecule has 1 aromatic heterocycles. The first kappa shape index (κ1) is 19.1. The number of benzene rings is 2. The second-order valence-electron chi connectivity index (χ2n) is 6.19. The van der Waals surface area contributed by atoms with E-state index < -0.39 is 4.92 Å². The van der Waals surface area contributed by atoms with Gasteiger partial charge in [-0.2, -0.15) is 0 Å². The van der Waals surface area contributed by atoms with Crippen LogP contribution in [0.1, 0.15) is 24.4 Å². The highest BCUT2D eigenvalue weighted by atomic mass is 32.2. The maximum atomic E-state index is 10.8. The van der Waals surface area contributed by atoms with Gasteiger partial charge < -0.3 is 4.42 Å². The topological polar surface area (TPSA) is 85.3 Å². The summed E-state index contributed by atoms with van der Waals surface area (Å²) in [6, 6.07) is 14.4. The molecular formula is C19H20N4O3S. The summed E-state index contributed by atoms with van der Waals surface area (Å²) in [5.41, 5.74) is 1.89. The summed E-state index contributed by atoms with van der Waals surface area (Å²) < 4.78 is 5.79. The van der Waals surface area contributed by atoms with Crippen molar-refractivity contribution in [2.24, 2.45) is 0 Å². The molecule has 0 radical (unpaired) electrons. The van der Waals surface area contributed by atoms with Crippen molar-refractivity contribution in [3.05, 3.63) is 70.1 Å². The molecule has 0 saturated heterocycles. The minimum atomic E-state index is -0.439. The molecule has 0 spiro atoms. The minimum Gasteiger partial charge on any atom is -0.419 e. The second-order valence-corrected chi connectivity index (χ2v) is 7.07. The Labute approximate surface area is 161 Å². The first-order valence-electron chi connectivity index (χ1n) is 8.39. The van der Waals surface area contributed by atoms with E-state index in [-0.39, 0.29) is 11.7 Å². The van der Waals surface area contributed by atoms with E-state index in [9.17, 15) is 10.1 Å². The number of thioether (sulfide) groups is 1. The molecule has 140 valence electrons. The van der Waals surface area contributed by atoms with Crippen molar-refractivity contribution >= 4 is 17.4 Å². The van der Waals surface area contributed by atoms with Gasteiger partial charge in [0.25, 0.3) is 5.69 Å². The maximum absolute atomic E-state index is 10.8. The molecule has 0 N–H and O–H groups in total. The van der Waals surface area contributed by atoms with Crippen LogP contribution in [0.3, 0.4) is 0 Å². The molecule has 0 saturated carbocycles. The van der Waals surface area contributed by atoms with Crippen LogP contribution in [0.15, 0.2) is 57.8 Å². The summed E-state index contributed by atoms with van der Waals surface area (Å²) in [5.74, 6) is 0.857. The van der Waals surface area contributed by atoms with E-state index in [2.05, 4.69) is 45.6 Å². The van der Waals surface area contributed by atoms with E-state index in [0.717, 1.165) is 6.54 Å². The number of nitro benzene ring substituents is 1. The van der Waals surface area contributed by atoms with Crippen molar-refractivity contribution in [1.29, 1.82) is 0 Å². The molecule has 0 aliphatic rings. The van der Waals surface area contributed by atoms with Crippen molar-refractivity contribution < 1.29 is 9.34 Å². The lowest BCUT2D eigenvalue weighted by Gasteiger charge is -2.21. The average Bonchev–Trinajstić information content (AvgIpc) is 3.18. The summed E-state index contributed by atoms with van der Waals surface area (Å²) in [6.07, 6.45) is 2.06. The molecule has 3 rings (SSSR count). The molecule has 0 aliphatic carbocycles. The van der Waals surface area contributed by atoms with E-state index in [1.807, 2.05) is 14.0 Å². The molecule has 0 amide bonds. The van der Waals surface area contributed by atoms with Crippen LogP contribution in [-0.4, -0.2) is 33.3 Å². The molecule has 0 aliphatic heterocycles. The maximum Gasteiger partial charge on any atom is 0.269 e. The van der Waals surface area contributed by atoms with Gasteiger partial charge in [0.1, 0.15) is 0 Å². The van der Waals surface area contributed by atoms with Gasteiger partial charge in [0.2, 0.25) is 11.8 Å². The Hall–Kier alpha value is -2.71. The van der Waals surface area contributed by atoms with E-state index in [4.69, 9.17) is 4.42 Å². The number of nitrogens with zero attached hydrogens (tertiary/aromatic N) is 4. The van der Waals surface area contributed by atoms with Crippen LogP contribution >= 0.6 is 11.8 Å². The van der Waals surface area contributed by atoms with Crippen LogP contribution < -0.4 is 0 Å². The fraction of sp³-hybridized carbons (Fsp3) is 0.263. The highest BCUT2D eigenvalue weighted by Crippen LogP contribution is 2.26. The zero-order chi connectivity index (χ0) is 19.4. The van der Waals surface area contributed by atoms with Crippen LogP contribution in [0.2, 0.25) is 0 Å². The van der Waals surface area contributed by atoms with Gasteiger partial charge in [-0.15, -0.1) is 22.0 Å². The molecule has 27 heavy (non-hydrogen) atoms. The number of aromatic nitrogens is 2. The molecule has 0 bridgehead atoms. The molecular weight excluding hydrogens is 364 g/mol. The zero-order valence-corrected chi connectivity index (χ0v) is 16.1. The molecule has 1 atom stereocenters. The van der Waals surface area contributed by atoms with Gasteiger partial charge in [0, 0.05) is 29.1 Å². The van der Waals surface area contributed by atoms with Crippen LogP contribution in [0.4, 0.5) is 5.69 Å². The monoisotopic (exact) mass is 384 g/mol. The molecule has 1 heterocycles. The average molecular weight is 384 g/mol. The number of hydrogen-bond donors (Lipinski definition) is 0. The number of nitro groups is 1. The lowest BCUT2D eigenvalue weighted by molar-refractivity contribution is -0.384. The minimum absolute atomic E-state index is 0.0269. The molecule has 0 unspecified atom stereocenters. The predicted octanol–water partition coefficient (Wildman–Crippen LogP) is 4.56. The van der Waals surface area contributed by atoms with E-state index in [0.29, 0.717) is 17.3 Å². The van der Waals surface area contributed by atoms with Crippen LogP contribution in [0, 0.1) is 10.1 Å². The van der Waals surface area contributed by atoms with Crippen molar-refractivity contribution in [1.82, 2.24) is 15.1 Å². The van der Waals surface area contributed by atoms with Gasteiger partial charge in [0.15, 0.2) is 0 Å². The number of non-ortho nitro benzene ring substituents is 1. The first-order chi connectivity index (χ1) is 13.0. The molecule has 7 nitrogen and oxygen atoms in total. The third-order valence-electron chi connectivity index (χ3n) is 4.38. The summed E-state index contributed by atoms with van der Waals surface area (Å²) in [6.45, 7) is 2.76. The van der Waals surface area contributed by atoms with Gasteiger partial charge in [-0.05, 0) is 50.1 Å². The first-order valence-corrected chi connectivity index (χ1v) is 9.62. The second kappa shape index (κ2) is 8.32. The summed E-state index contributed by atoms with van der Waals surface area (Å²) >= 11 is 1.72. The van der Waals surface area contributed by atoms with Crippen LogP contribution in [-0.2, 0) is 6.54 Å². The summed E-state index contributed by atoms with van der Waals surface area (Å²) in [5, 5.41) is 19.0. The quantitative estimate of drug-likeness (QED) is 0.335. The predicted molar refractivity (Wildman–Crippen MR) is 104 cm³/mol. The van der Waals surface area contributed by atoms with Crippen molar-refractivity contribution in [2.45, 2.75) is 24.4 Å². The van der Waals surface area contributed by atoms with Crippen molar-refractivity contribution in [3.8, 4) is 11.5 Å². The van der Waals surface area contributed by atoms with Gasteiger partial charge in [-0.1, -0.05) is 12.1 Å². The smallest absolute Gasteiger partial charge is 0.269 e. The van der Waals surface area contributed by atoms with E-state index >= 15 is 0 Å². The fourth-order valence-electron chi connectivity index (χ4n) is 2.59. The van der Waals surface area contributed by atoms with Crippen LogP contribution in [0.25, 0.3) is 11.5 Å². The van der Waals surface area contributed by atoms with Gasteiger partial charge in [-0.25, -0.2) is 0 Å². The van der Waals surface area contributed by atoms with Crippen LogP contribution in [0.5, 0.6) is 0 Å². The SMILES string of the molecule is CSc1ccc(CN(C)[C@@H](C)c2nnc(-c3ccc([N+](=O)[O-])cc3)o2)cc1. The molecule has 3 aromatic rings. The standard InChI is InChI=1S/C19H20N4O3S/c1-13(22(2)12-14-4-10-17(27-3)11-5-14)18-20-21-19(26-18)15-6-8-16(9-7-15)23(24)25/h4-11,13H,12H2,1-3H3/t13-/m0/s1. The highest BCUT2D eigenvalue weighted by molar-refractivity contribution is 7.98. The molecule has 8 heteroatoms. The van der Waals surface area contributed by atoms with E-state index in [1.165, 1.54) is 22.6 Å². The lowest BCUT2D eigenvalue weighted by atomic mass is 10.2. The van der Waals surface area contributed by atoms with E-state index in [1.54, 1.807) is 23.9 Å². The summed E-state index contributed by atoms with van der Waals surface area (Å²) in [4.78, 5) is 13.7. The van der Waals surface area contributed by atoms with Gasteiger partial charge in [0.05, 0.1) is 11.0 Å². The molecule has 2 aromatic carbocycles. The van der Waals surface area contributed by atoms with Crippen molar-refractivity contribution in [2.75, 3.05) is 13.3 Å². The lowest BCUT2D eigenvalue weighted by Crippen LogP contribution is -2.22. The number of rotatable bonds is 7. The Kier molecular flexibility index (Phi) is 5.88.